The van der Waals surface area contributed by atoms with Crippen LogP contribution in [-0.4, -0.2) is 19.2 Å². The van der Waals surface area contributed by atoms with E-state index in [4.69, 9.17) is 4.74 Å². The molecule has 0 saturated heterocycles. The predicted octanol–water partition coefficient (Wildman–Crippen LogP) is 11.7. The Hall–Kier alpha value is -5.48. The Morgan fingerprint density at radius 3 is 1.23 bits per heavy atom. The zero-order valence-electron chi connectivity index (χ0n) is 27.8. The highest BCUT2D eigenvalue weighted by Crippen LogP contribution is 2.36. The first-order valence-electron chi connectivity index (χ1n) is 16.8. The quantitative estimate of drug-likeness (QED) is 0.0801. The van der Waals surface area contributed by atoms with Gasteiger partial charge in [0.2, 0.25) is 0 Å². The maximum absolute atomic E-state index is 11.0. The van der Waals surface area contributed by atoms with Crippen molar-refractivity contribution in [2.45, 2.75) is 39.5 Å². The third-order valence-corrected chi connectivity index (χ3v) is 8.51. The van der Waals surface area contributed by atoms with E-state index < -0.39 is 0 Å². The van der Waals surface area contributed by atoms with Gasteiger partial charge >= 0.3 is 0 Å². The summed E-state index contributed by atoms with van der Waals surface area (Å²) in [6.45, 7) is 5.22. The summed E-state index contributed by atoms with van der Waals surface area (Å²) in [5.41, 5.74) is 8.70. The molecule has 0 N–H and O–H groups in total. The summed E-state index contributed by atoms with van der Waals surface area (Å²) < 4.78 is 6.22. The lowest BCUT2D eigenvalue weighted by molar-refractivity contribution is 0.111. The fourth-order valence-corrected chi connectivity index (χ4v) is 5.48. The largest absolute Gasteiger partial charge is 0.493 e. The van der Waals surface area contributed by atoms with E-state index in [2.05, 4.69) is 104 Å². The second-order valence-corrected chi connectivity index (χ2v) is 12.0. The van der Waals surface area contributed by atoms with Crippen molar-refractivity contribution in [2.24, 2.45) is 5.92 Å². The molecule has 0 spiro atoms. The first-order chi connectivity index (χ1) is 23.6. The van der Waals surface area contributed by atoms with Gasteiger partial charge in [0.25, 0.3) is 0 Å². The second-order valence-electron chi connectivity index (χ2n) is 12.0. The van der Waals surface area contributed by atoms with E-state index in [1.54, 1.807) is 0 Å². The number of anilines is 3. The maximum Gasteiger partial charge on any atom is 0.150 e. The third kappa shape index (κ3) is 9.52. The second kappa shape index (κ2) is 17.4. The summed E-state index contributed by atoms with van der Waals surface area (Å²) in [6.07, 6.45) is 14.7. The van der Waals surface area contributed by atoms with E-state index in [9.17, 15) is 9.59 Å². The average molecular weight is 634 g/mol. The first-order valence-corrected chi connectivity index (χ1v) is 16.8. The van der Waals surface area contributed by atoms with Crippen LogP contribution in [0.1, 0.15) is 82.5 Å². The number of rotatable bonds is 16. The molecule has 0 fully saturated rings. The highest BCUT2D eigenvalue weighted by molar-refractivity contribution is 5.81. The van der Waals surface area contributed by atoms with E-state index in [0.29, 0.717) is 17.0 Å². The van der Waals surface area contributed by atoms with Gasteiger partial charge in [0.05, 0.1) is 6.61 Å². The molecule has 4 heteroatoms. The monoisotopic (exact) mass is 633 g/mol. The van der Waals surface area contributed by atoms with Crippen molar-refractivity contribution in [3.8, 4) is 5.75 Å². The molecule has 48 heavy (non-hydrogen) atoms. The van der Waals surface area contributed by atoms with Crippen molar-refractivity contribution < 1.29 is 14.3 Å². The molecule has 1 atom stereocenters. The summed E-state index contributed by atoms with van der Waals surface area (Å²) in [5.74, 6) is 1.46. The molecular formula is C44H43NO3. The minimum atomic E-state index is 0.577. The zero-order valence-corrected chi connectivity index (χ0v) is 27.8. The fourth-order valence-electron chi connectivity index (χ4n) is 5.48. The number of hydrogen-bond acceptors (Lipinski definition) is 4. The predicted molar refractivity (Wildman–Crippen MR) is 201 cm³/mol. The number of nitrogens with zero attached hydrogens (tertiary/aromatic N) is 1. The van der Waals surface area contributed by atoms with Crippen LogP contribution in [0, 0.1) is 5.92 Å². The van der Waals surface area contributed by atoms with Gasteiger partial charge in [-0.15, -0.1) is 0 Å². The van der Waals surface area contributed by atoms with Gasteiger partial charge in [-0.2, -0.15) is 0 Å². The van der Waals surface area contributed by atoms with Crippen LogP contribution in [0.4, 0.5) is 17.1 Å². The minimum Gasteiger partial charge on any atom is -0.493 e. The SMILES string of the molecule is CCCCC(CC)COc1ccc(N(c2ccc(/C=C/c3ccc(C=O)cc3)cc2)c2ccc(/C=C/c3ccc(C=O)cc3)cc2)cc1. The van der Waals surface area contributed by atoms with E-state index >= 15 is 0 Å². The summed E-state index contributed by atoms with van der Waals surface area (Å²) in [5, 5.41) is 0. The van der Waals surface area contributed by atoms with Crippen molar-refractivity contribution in [3.63, 3.8) is 0 Å². The minimum absolute atomic E-state index is 0.577. The zero-order chi connectivity index (χ0) is 33.6. The van der Waals surface area contributed by atoms with E-state index in [-0.39, 0.29) is 0 Å². The van der Waals surface area contributed by atoms with Crippen molar-refractivity contribution >= 4 is 53.9 Å². The van der Waals surface area contributed by atoms with Gasteiger partial charge in [-0.1, -0.05) is 130 Å². The summed E-state index contributed by atoms with van der Waals surface area (Å²) in [6, 6.07) is 40.4. The Kier molecular flexibility index (Phi) is 12.3. The lowest BCUT2D eigenvalue weighted by Crippen LogP contribution is -2.12. The van der Waals surface area contributed by atoms with Crippen LogP contribution < -0.4 is 9.64 Å². The van der Waals surface area contributed by atoms with Crippen LogP contribution in [0.5, 0.6) is 5.75 Å². The maximum atomic E-state index is 11.0. The molecule has 0 bridgehead atoms. The molecule has 1 unspecified atom stereocenters. The molecule has 0 aliphatic carbocycles. The van der Waals surface area contributed by atoms with Crippen molar-refractivity contribution in [3.05, 3.63) is 155 Å². The van der Waals surface area contributed by atoms with Gasteiger partial charge in [0.15, 0.2) is 0 Å². The fraction of sp³-hybridized carbons (Fsp3) is 0.182. The lowest BCUT2D eigenvalue weighted by Gasteiger charge is -2.26. The Labute approximate surface area is 285 Å². The van der Waals surface area contributed by atoms with Gasteiger partial charge in [-0.05, 0) is 83.1 Å². The first kappa shape index (κ1) is 33.9. The van der Waals surface area contributed by atoms with Crippen LogP contribution in [0.25, 0.3) is 24.3 Å². The van der Waals surface area contributed by atoms with Gasteiger partial charge < -0.3 is 9.64 Å². The molecular weight excluding hydrogens is 590 g/mol. The number of aldehydes is 2. The molecule has 0 radical (unpaired) electrons. The highest BCUT2D eigenvalue weighted by atomic mass is 16.5. The number of carbonyl (C=O) groups is 2. The summed E-state index contributed by atoms with van der Waals surface area (Å²) in [7, 11) is 0. The number of unbranched alkanes of at least 4 members (excludes halogenated alkanes) is 1. The van der Waals surface area contributed by atoms with Crippen LogP contribution in [-0.2, 0) is 0 Å². The van der Waals surface area contributed by atoms with Crippen LogP contribution >= 0.6 is 0 Å². The van der Waals surface area contributed by atoms with E-state index in [0.717, 1.165) is 70.7 Å². The topological polar surface area (TPSA) is 46.6 Å². The van der Waals surface area contributed by atoms with Gasteiger partial charge in [0, 0.05) is 28.2 Å². The third-order valence-electron chi connectivity index (χ3n) is 8.51. The normalized spacial score (nSPS) is 11.9. The van der Waals surface area contributed by atoms with Gasteiger partial charge in [-0.25, -0.2) is 0 Å². The van der Waals surface area contributed by atoms with Gasteiger partial charge in [0.1, 0.15) is 18.3 Å². The lowest BCUT2D eigenvalue weighted by atomic mass is 10.0. The van der Waals surface area contributed by atoms with Crippen molar-refractivity contribution in [1.29, 1.82) is 0 Å². The van der Waals surface area contributed by atoms with E-state index in [1.165, 1.54) is 19.3 Å². The van der Waals surface area contributed by atoms with Crippen LogP contribution in [0.2, 0.25) is 0 Å². The Balaban J connectivity index is 1.37. The van der Waals surface area contributed by atoms with Crippen LogP contribution in [0.15, 0.2) is 121 Å². The smallest absolute Gasteiger partial charge is 0.150 e. The number of hydrogen-bond donors (Lipinski definition) is 0. The molecule has 242 valence electrons. The molecule has 0 amide bonds. The van der Waals surface area contributed by atoms with E-state index in [1.807, 2.05) is 60.7 Å². The average Bonchev–Trinajstić information content (AvgIpc) is 3.15. The highest BCUT2D eigenvalue weighted by Gasteiger charge is 2.13. The molecule has 0 aliphatic heterocycles. The number of carbonyl (C=O) groups excluding carboxylic acids is 2. The van der Waals surface area contributed by atoms with Crippen LogP contribution in [0.3, 0.4) is 0 Å². The number of ether oxygens (including phenoxy) is 1. The molecule has 0 aromatic heterocycles. The Bertz CT molecular complexity index is 1680. The van der Waals surface area contributed by atoms with Crippen molar-refractivity contribution in [1.82, 2.24) is 0 Å². The van der Waals surface area contributed by atoms with Gasteiger partial charge in [-0.3, -0.25) is 9.59 Å². The molecule has 0 aliphatic rings. The molecule has 5 rings (SSSR count). The summed E-state index contributed by atoms with van der Waals surface area (Å²) in [4.78, 5) is 24.2. The Morgan fingerprint density at radius 1 is 0.521 bits per heavy atom. The molecule has 5 aromatic rings. The summed E-state index contributed by atoms with van der Waals surface area (Å²) >= 11 is 0. The number of benzene rings is 5. The molecule has 4 nitrogen and oxygen atoms in total. The molecule has 5 aromatic carbocycles. The Morgan fingerprint density at radius 2 is 0.875 bits per heavy atom. The molecule has 0 heterocycles. The standard InChI is InChI=1S/C44H43NO3/c1-3-5-6-34(4-2)33-48-44-29-27-43(28-30-44)45(41-23-19-37(20-24-41)9-7-35-11-15-39(31-46)16-12-35)42-25-21-38(22-26-42)10-8-36-13-17-40(32-47)18-14-36/h7-32,34H,3-6,33H2,1-2H3/b9-7+,10-8+. The van der Waals surface area contributed by atoms with Crippen molar-refractivity contribution in [2.75, 3.05) is 11.5 Å². The molecule has 0 saturated carbocycles.